The maximum absolute atomic E-state index is 11.8. The molecule has 1 aromatic carbocycles. The minimum atomic E-state index is -3.37. The second kappa shape index (κ2) is 8.94. The number of nitrogens with one attached hydrogen (secondary N) is 2. The molecule has 1 rings (SSSR count). The number of sulfonamides is 1. The van der Waals surface area contributed by atoms with Gasteiger partial charge >= 0.3 is 0 Å². The minimum absolute atomic E-state index is 0.282. The largest absolute Gasteiger partial charge is 0.383 e. The van der Waals surface area contributed by atoms with Gasteiger partial charge in [0.05, 0.1) is 11.5 Å². The monoisotopic (exact) mass is 300 g/mol. The average Bonchev–Trinajstić information content (AvgIpc) is 2.43. The molecular weight excluding hydrogens is 276 g/mol. The predicted molar refractivity (Wildman–Crippen MR) is 81.5 cm³/mol. The van der Waals surface area contributed by atoms with Gasteiger partial charge in [0.25, 0.3) is 0 Å². The van der Waals surface area contributed by atoms with Crippen LogP contribution in [-0.2, 0) is 14.8 Å². The van der Waals surface area contributed by atoms with Gasteiger partial charge in [-0.2, -0.15) is 0 Å². The second-order valence-electron chi connectivity index (χ2n) is 4.42. The molecular formula is C14H24N2O3S. The van der Waals surface area contributed by atoms with Crippen LogP contribution in [0, 0.1) is 0 Å². The van der Waals surface area contributed by atoms with Crippen molar-refractivity contribution in [3.05, 3.63) is 24.3 Å². The summed E-state index contributed by atoms with van der Waals surface area (Å²) in [5.74, 6) is 0. The summed E-state index contributed by atoms with van der Waals surface area (Å²) in [5, 5.41) is 3.19. The summed E-state index contributed by atoms with van der Waals surface area (Å²) >= 11 is 0. The lowest BCUT2D eigenvalue weighted by Gasteiger charge is -2.09. The summed E-state index contributed by atoms with van der Waals surface area (Å²) in [6.45, 7) is 6.42. The second-order valence-corrected chi connectivity index (χ2v) is 6.19. The lowest BCUT2D eigenvalue weighted by Crippen LogP contribution is -2.23. The van der Waals surface area contributed by atoms with E-state index in [4.69, 9.17) is 4.74 Å². The molecule has 0 amide bonds. The van der Waals surface area contributed by atoms with Crippen LogP contribution in [0.3, 0.4) is 0 Å². The normalized spacial score (nSPS) is 11.5. The van der Waals surface area contributed by atoms with E-state index in [1.807, 2.05) is 0 Å². The first-order chi connectivity index (χ1) is 9.60. The molecule has 0 fully saturated rings. The van der Waals surface area contributed by atoms with Crippen molar-refractivity contribution in [3.63, 3.8) is 0 Å². The number of benzene rings is 1. The zero-order valence-electron chi connectivity index (χ0n) is 12.2. The molecule has 0 unspecified atom stereocenters. The summed E-state index contributed by atoms with van der Waals surface area (Å²) < 4.78 is 31.4. The maximum Gasteiger partial charge on any atom is 0.240 e. The Morgan fingerprint density at radius 1 is 1.10 bits per heavy atom. The topological polar surface area (TPSA) is 67.4 Å². The zero-order chi connectivity index (χ0) is 14.8. The summed E-state index contributed by atoms with van der Waals surface area (Å²) in [4.78, 5) is 0.282. The number of ether oxygens (including phenoxy) is 1. The van der Waals surface area contributed by atoms with Gasteiger partial charge in [0.2, 0.25) is 10.0 Å². The molecule has 0 radical (unpaired) electrons. The van der Waals surface area contributed by atoms with Crippen molar-refractivity contribution in [3.8, 4) is 0 Å². The van der Waals surface area contributed by atoms with Crippen LogP contribution in [0.15, 0.2) is 29.2 Å². The predicted octanol–water partition coefficient (Wildman–Crippen LogP) is 2.21. The number of anilines is 1. The molecule has 6 heteroatoms. The molecule has 0 aliphatic rings. The number of hydrogen-bond acceptors (Lipinski definition) is 4. The van der Waals surface area contributed by atoms with Crippen molar-refractivity contribution in [1.82, 2.24) is 4.72 Å². The van der Waals surface area contributed by atoms with E-state index in [1.165, 1.54) is 0 Å². The van der Waals surface area contributed by atoms with E-state index in [-0.39, 0.29) is 4.90 Å². The third-order valence-electron chi connectivity index (χ3n) is 2.72. The van der Waals surface area contributed by atoms with Gasteiger partial charge < -0.3 is 10.1 Å². The summed E-state index contributed by atoms with van der Waals surface area (Å²) in [5.41, 5.74) is 0.888. The fourth-order valence-electron chi connectivity index (χ4n) is 1.64. The number of hydrogen-bond donors (Lipinski definition) is 2. The van der Waals surface area contributed by atoms with Crippen LogP contribution in [0.25, 0.3) is 0 Å². The van der Waals surface area contributed by atoms with Gasteiger partial charge in [-0.1, -0.05) is 20.3 Å². The highest BCUT2D eigenvalue weighted by Crippen LogP contribution is 2.13. The molecule has 2 N–H and O–H groups in total. The molecule has 0 aromatic heterocycles. The van der Waals surface area contributed by atoms with Crippen LogP contribution in [0.1, 0.15) is 26.7 Å². The SMILES string of the molecule is CCCCOCCNc1ccc(S(=O)(=O)NCC)cc1. The first-order valence-electron chi connectivity index (χ1n) is 7.01. The Morgan fingerprint density at radius 3 is 2.40 bits per heavy atom. The summed E-state index contributed by atoms with van der Waals surface area (Å²) in [6.07, 6.45) is 2.21. The van der Waals surface area contributed by atoms with Crippen molar-refractivity contribution in [2.75, 3.05) is 31.6 Å². The van der Waals surface area contributed by atoms with Crippen LogP contribution >= 0.6 is 0 Å². The van der Waals surface area contributed by atoms with Crippen LogP contribution in [0.2, 0.25) is 0 Å². The van der Waals surface area contributed by atoms with Gasteiger partial charge in [-0.05, 0) is 30.7 Å². The molecule has 0 atom stereocenters. The van der Waals surface area contributed by atoms with Crippen molar-refractivity contribution >= 4 is 15.7 Å². The van der Waals surface area contributed by atoms with Gasteiger partial charge in [-0.3, -0.25) is 0 Å². The minimum Gasteiger partial charge on any atom is -0.383 e. The first-order valence-corrected chi connectivity index (χ1v) is 8.49. The van der Waals surface area contributed by atoms with E-state index in [2.05, 4.69) is 17.0 Å². The highest BCUT2D eigenvalue weighted by Gasteiger charge is 2.11. The molecule has 0 saturated carbocycles. The van der Waals surface area contributed by atoms with Gasteiger partial charge in [-0.25, -0.2) is 13.1 Å². The van der Waals surface area contributed by atoms with E-state index in [0.717, 1.165) is 25.1 Å². The number of rotatable bonds is 10. The van der Waals surface area contributed by atoms with E-state index in [0.29, 0.717) is 19.7 Å². The van der Waals surface area contributed by atoms with Crippen molar-refractivity contribution in [2.24, 2.45) is 0 Å². The van der Waals surface area contributed by atoms with Crippen LogP contribution in [-0.4, -0.2) is 34.7 Å². The fourth-order valence-corrected chi connectivity index (χ4v) is 2.68. The quantitative estimate of drug-likeness (QED) is 0.650. The Morgan fingerprint density at radius 2 is 1.80 bits per heavy atom. The van der Waals surface area contributed by atoms with E-state index in [1.54, 1.807) is 31.2 Å². The van der Waals surface area contributed by atoms with Gasteiger partial charge in [-0.15, -0.1) is 0 Å². The highest BCUT2D eigenvalue weighted by atomic mass is 32.2. The molecule has 0 spiro atoms. The smallest absolute Gasteiger partial charge is 0.240 e. The molecule has 0 aliphatic heterocycles. The molecule has 0 saturated heterocycles. The lowest BCUT2D eigenvalue weighted by atomic mass is 10.3. The van der Waals surface area contributed by atoms with E-state index >= 15 is 0 Å². The summed E-state index contributed by atoms with van der Waals surface area (Å²) in [7, 11) is -3.37. The fraction of sp³-hybridized carbons (Fsp3) is 0.571. The highest BCUT2D eigenvalue weighted by molar-refractivity contribution is 7.89. The first kappa shape index (κ1) is 16.9. The van der Waals surface area contributed by atoms with Crippen LogP contribution in [0.5, 0.6) is 0 Å². The Balaban J connectivity index is 2.39. The zero-order valence-corrected chi connectivity index (χ0v) is 13.0. The molecule has 5 nitrogen and oxygen atoms in total. The molecule has 0 heterocycles. The molecule has 0 aliphatic carbocycles. The van der Waals surface area contributed by atoms with Crippen LogP contribution in [0.4, 0.5) is 5.69 Å². The number of unbranched alkanes of at least 4 members (excludes halogenated alkanes) is 1. The summed E-state index contributed by atoms with van der Waals surface area (Å²) in [6, 6.07) is 6.71. The van der Waals surface area contributed by atoms with E-state index in [9.17, 15) is 8.42 Å². The Kier molecular flexibility index (Phi) is 7.58. The molecule has 20 heavy (non-hydrogen) atoms. The molecule has 1 aromatic rings. The van der Waals surface area contributed by atoms with E-state index < -0.39 is 10.0 Å². The van der Waals surface area contributed by atoms with Crippen LogP contribution < -0.4 is 10.0 Å². The molecule has 0 bridgehead atoms. The Bertz CT molecular complexity index is 472. The van der Waals surface area contributed by atoms with Crippen molar-refractivity contribution in [1.29, 1.82) is 0 Å². The standard InChI is InChI=1S/C14H24N2O3S/c1-3-5-11-19-12-10-15-13-6-8-14(9-7-13)20(17,18)16-4-2/h6-9,15-16H,3-5,10-12H2,1-2H3. The average molecular weight is 300 g/mol. The lowest BCUT2D eigenvalue weighted by molar-refractivity contribution is 0.141. The Labute approximate surface area is 121 Å². The Hall–Kier alpha value is -1.11. The van der Waals surface area contributed by atoms with Gasteiger partial charge in [0.15, 0.2) is 0 Å². The van der Waals surface area contributed by atoms with Crippen molar-refractivity contribution in [2.45, 2.75) is 31.6 Å². The third kappa shape index (κ3) is 5.90. The maximum atomic E-state index is 11.8. The third-order valence-corrected chi connectivity index (χ3v) is 4.28. The van der Waals surface area contributed by atoms with Crippen molar-refractivity contribution < 1.29 is 13.2 Å². The van der Waals surface area contributed by atoms with Gasteiger partial charge in [0, 0.05) is 25.4 Å². The van der Waals surface area contributed by atoms with Gasteiger partial charge in [0.1, 0.15) is 0 Å². The molecule has 114 valence electrons.